The number of rotatable bonds is 11. The van der Waals surface area contributed by atoms with Crippen LogP contribution < -0.4 is 16.1 Å². The van der Waals surface area contributed by atoms with Gasteiger partial charge in [0.1, 0.15) is 59.8 Å². The lowest BCUT2D eigenvalue weighted by Crippen LogP contribution is -2.35. The van der Waals surface area contributed by atoms with Gasteiger partial charge in [0.15, 0.2) is 17.7 Å². The van der Waals surface area contributed by atoms with E-state index in [1.54, 1.807) is 0 Å². The number of nitrogens with two attached hydrogens (primary N) is 1. The van der Waals surface area contributed by atoms with Crippen LogP contribution in [0.2, 0.25) is 0 Å². The first-order chi connectivity index (χ1) is 23.8. The first kappa shape index (κ1) is 37.2. The molecule has 2 aliphatic heterocycles. The number of aliphatic hydroxyl groups is 4. The van der Waals surface area contributed by atoms with Crippen molar-refractivity contribution in [1.82, 2.24) is 19.5 Å². The zero-order valence-electron chi connectivity index (χ0n) is 25.2. The van der Waals surface area contributed by atoms with E-state index >= 15 is 0 Å². The third-order valence-electron chi connectivity index (χ3n) is 7.60. The van der Waals surface area contributed by atoms with Gasteiger partial charge in [0, 0.05) is 17.5 Å². The van der Waals surface area contributed by atoms with E-state index in [2.05, 4.69) is 28.3 Å². The molecule has 6 rings (SSSR count). The summed E-state index contributed by atoms with van der Waals surface area (Å²) in [6.45, 7) is -2.02. The van der Waals surface area contributed by atoms with Crippen LogP contribution in [0.4, 0.5) is 19.0 Å². The van der Waals surface area contributed by atoms with E-state index in [9.17, 15) is 57.3 Å². The lowest BCUT2D eigenvalue weighted by molar-refractivity contribution is -0.136. The van der Waals surface area contributed by atoms with Crippen molar-refractivity contribution in [3.8, 4) is 5.75 Å². The second-order valence-electron chi connectivity index (χ2n) is 11.0. The topological polar surface area (TPSA) is 311 Å². The number of ether oxygens (including phenoxy) is 3. The van der Waals surface area contributed by atoms with Crippen molar-refractivity contribution in [2.45, 2.75) is 55.3 Å². The smallest absolute Gasteiger partial charge is 0.462 e. The molecule has 10 atom stereocenters. The quantitative estimate of drug-likeness (QED) is 0.0775. The molecule has 0 aliphatic carbocycles. The molecule has 0 spiro atoms. The van der Waals surface area contributed by atoms with Crippen LogP contribution in [-0.4, -0.2) is 106 Å². The van der Waals surface area contributed by atoms with E-state index in [1.807, 2.05) is 0 Å². The number of nitrogens with zero attached hydrogens (tertiary/aromatic N) is 4. The molecule has 278 valence electrons. The summed E-state index contributed by atoms with van der Waals surface area (Å²) in [6.07, 6.45) is -15.8. The maximum atomic E-state index is 13.3. The number of anilines is 1. The Kier molecular flexibility index (Phi) is 10.0. The normalized spacial score (nSPS) is 29.4. The number of alkyl halides is 3. The minimum Gasteiger partial charge on any atom is -0.462 e. The van der Waals surface area contributed by atoms with Crippen LogP contribution >= 0.6 is 15.6 Å². The summed E-state index contributed by atoms with van der Waals surface area (Å²) in [5.41, 5.74) is 2.94. The van der Waals surface area contributed by atoms with Crippen molar-refractivity contribution in [2.75, 3.05) is 18.9 Å². The van der Waals surface area contributed by atoms with Crippen LogP contribution in [0, 0.1) is 0 Å². The largest absolute Gasteiger partial charge is 0.481 e. The number of nitrogen functional groups attached to an aromatic ring is 1. The van der Waals surface area contributed by atoms with Crippen molar-refractivity contribution >= 4 is 43.6 Å². The molecule has 1 aromatic carbocycles. The molecule has 2 saturated heterocycles. The van der Waals surface area contributed by atoms with Crippen molar-refractivity contribution in [3.63, 3.8) is 0 Å². The molecule has 4 aromatic rings. The van der Waals surface area contributed by atoms with E-state index in [0.29, 0.717) is 0 Å². The maximum absolute atomic E-state index is 13.3. The number of hydrogen-bond acceptors (Lipinski definition) is 18. The molecule has 7 unspecified atom stereocenters. The number of fused-ring (bicyclic) bond motifs is 2. The maximum Gasteiger partial charge on any atom is 0.481 e. The molecule has 2 aliphatic rings. The number of halogens is 3. The summed E-state index contributed by atoms with van der Waals surface area (Å²) in [5.74, 6) is -0.254. The highest BCUT2D eigenvalue weighted by Gasteiger charge is 2.48. The predicted molar refractivity (Wildman–Crippen MR) is 157 cm³/mol. The average molecular weight is 771 g/mol. The number of phosphoric ester groups is 2. The fourth-order valence-corrected chi connectivity index (χ4v) is 7.29. The van der Waals surface area contributed by atoms with Crippen molar-refractivity contribution < 1.29 is 84.5 Å². The summed E-state index contributed by atoms with van der Waals surface area (Å²) in [7, 11) is -11.0. The number of benzene rings is 1. The van der Waals surface area contributed by atoms with Gasteiger partial charge in [-0.3, -0.25) is 13.6 Å². The van der Waals surface area contributed by atoms with E-state index in [-0.39, 0.29) is 28.8 Å². The molecule has 0 bridgehead atoms. The molecule has 5 heterocycles. The van der Waals surface area contributed by atoms with Crippen LogP contribution in [0.3, 0.4) is 0 Å². The summed E-state index contributed by atoms with van der Waals surface area (Å²) in [6, 6.07) is 3.12. The highest BCUT2D eigenvalue weighted by atomic mass is 31.3. The number of aliphatic hydroxyl groups excluding tert-OH is 4. The Morgan fingerprint density at radius 2 is 1.55 bits per heavy atom. The van der Waals surface area contributed by atoms with Gasteiger partial charge in [-0.1, -0.05) is 0 Å². The van der Waals surface area contributed by atoms with Gasteiger partial charge in [0.25, 0.3) is 0 Å². The lowest BCUT2D eigenvalue weighted by atomic mass is 10.1. The zero-order chi connectivity index (χ0) is 37.0. The van der Waals surface area contributed by atoms with Crippen LogP contribution in [0.15, 0.2) is 46.1 Å². The fourth-order valence-electron chi connectivity index (χ4n) is 5.20. The second kappa shape index (κ2) is 13.7. The highest BCUT2D eigenvalue weighted by molar-refractivity contribution is 7.61. The van der Waals surface area contributed by atoms with E-state index in [1.165, 1.54) is 10.9 Å². The van der Waals surface area contributed by atoms with E-state index < -0.39 is 106 Å². The second-order valence-corrected chi connectivity index (χ2v) is 14.1. The summed E-state index contributed by atoms with van der Waals surface area (Å²) >= 11 is 0. The molecule has 21 nitrogen and oxygen atoms in total. The van der Waals surface area contributed by atoms with Gasteiger partial charge in [-0.2, -0.15) is 17.5 Å². The minimum atomic E-state index is -5.50. The van der Waals surface area contributed by atoms with Gasteiger partial charge in [0.2, 0.25) is 6.29 Å². The third-order valence-corrected chi connectivity index (χ3v) is 10.2. The van der Waals surface area contributed by atoms with Gasteiger partial charge in [-0.05, 0) is 12.1 Å². The Hall–Kier alpha value is -3.61. The minimum absolute atomic E-state index is 0.0194. The van der Waals surface area contributed by atoms with Crippen molar-refractivity contribution in [1.29, 1.82) is 0 Å². The highest BCUT2D eigenvalue weighted by Crippen LogP contribution is 2.60. The van der Waals surface area contributed by atoms with E-state index in [0.717, 1.165) is 24.5 Å². The molecular weight excluding hydrogens is 745 g/mol. The van der Waals surface area contributed by atoms with Crippen LogP contribution in [0.25, 0.3) is 22.1 Å². The average Bonchev–Trinajstić information content (AvgIpc) is 3.68. The first-order valence-corrected chi connectivity index (χ1v) is 17.3. The summed E-state index contributed by atoms with van der Waals surface area (Å²) in [5, 5.41) is 41.2. The SMILES string of the molecule is Nc1ncnc2c1ncn2C1OC(COP(=O)(O)OP(=O)(O)OC[C@H]2OC(Oc3ccc4c(C(F)(F)F)cc(=O)oc4c3)C(O)C2O)[C@@H](O)[C@H]1O. The molecule has 26 heteroatoms. The summed E-state index contributed by atoms with van der Waals surface area (Å²) in [4.78, 5) is 43.5. The monoisotopic (exact) mass is 771 g/mol. The molecule has 0 radical (unpaired) electrons. The number of hydrogen-bond donors (Lipinski definition) is 7. The number of imidazole rings is 1. The Bertz CT molecular complexity index is 2090. The van der Waals surface area contributed by atoms with E-state index in [4.69, 9.17) is 24.4 Å². The van der Waals surface area contributed by atoms with Gasteiger partial charge in [-0.25, -0.2) is 28.9 Å². The predicted octanol–water partition coefficient (Wildman–Crippen LogP) is -0.0708. The Morgan fingerprint density at radius 1 is 0.902 bits per heavy atom. The Balaban J connectivity index is 1.03. The third kappa shape index (κ3) is 7.78. The van der Waals surface area contributed by atoms with Crippen LogP contribution in [-0.2, 0) is 38.1 Å². The summed E-state index contributed by atoms with van der Waals surface area (Å²) < 4.78 is 101. The number of aromatic nitrogens is 4. The molecule has 2 fully saturated rings. The van der Waals surface area contributed by atoms with Crippen LogP contribution in [0.1, 0.15) is 11.8 Å². The van der Waals surface area contributed by atoms with Gasteiger partial charge < -0.3 is 54.6 Å². The van der Waals surface area contributed by atoms with Crippen molar-refractivity contribution in [3.05, 3.63) is 52.9 Å². The molecule has 0 amide bonds. The standard InChI is InChI=1S/C25H26F3N5O16P2/c26-25(27,28)11-4-15(34)46-12-3-9(1-2-10(11)12)45-24-20(38)18(36)14(48-24)6-44-51(41,42)49-50(39,40)43-5-13-17(35)19(37)23(47-13)33-8-32-16-21(29)30-7-31-22(16)33/h1-4,7-8,13-14,17-20,23-24,35-38H,5-6H2,(H,39,40)(H,41,42)(H2,29,30,31)/t13?,14-,17-,18?,19-,20?,23?,24?/m1/s1. The number of phosphoric acid groups is 2. The Labute approximate surface area is 280 Å². The molecule has 8 N–H and O–H groups in total. The first-order valence-electron chi connectivity index (χ1n) is 14.3. The zero-order valence-corrected chi connectivity index (χ0v) is 26.9. The van der Waals surface area contributed by atoms with Crippen molar-refractivity contribution in [2.24, 2.45) is 0 Å². The Morgan fingerprint density at radius 3 is 2.22 bits per heavy atom. The lowest BCUT2D eigenvalue weighted by Gasteiger charge is -2.20. The molecule has 51 heavy (non-hydrogen) atoms. The molecule has 0 saturated carbocycles. The molecule has 3 aromatic heterocycles. The molecular formula is C25H26F3N5O16P2. The van der Waals surface area contributed by atoms with Gasteiger partial charge in [-0.15, -0.1) is 0 Å². The van der Waals surface area contributed by atoms with Gasteiger partial charge >= 0.3 is 27.4 Å². The van der Waals surface area contributed by atoms with Crippen LogP contribution in [0.5, 0.6) is 5.75 Å². The van der Waals surface area contributed by atoms with Gasteiger partial charge in [0.05, 0.1) is 25.1 Å². The fraction of sp³-hybridized carbons (Fsp3) is 0.440.